The molecule has 1 N–H and O–H groups in total. The number of aryl methyl sites for hydroxylation is 1. The molecule has 0 amide bonds. The van der Waals surface area contributed by atoms with Gasteiger partial charge in [0.1, 0.15) is 0 Å². The van der Waals surface area contributed by atoms with Gasteiger partial charge in [-0.1, -0.05) is 0 Å². The minimum atomic E-state index is -0.685. The lowest BCUT2D eigenvalue weighted by Gasteiger charge is -2.15. The van der Waals surface area contributed by atoms with Crippen LogP contribution in [0.1, 0.15) is 30.4 Å². The van der Waals surface area contributed by atoms with Crippen molar-refractivity contribution in [2.45, 2.75) is 31.9 Å². The molecule has 2 rings (SSSR count). The van der Waals surface area contributed by atoms with E-state index in [4.69, 9.17) is 14.6 Å². The lowest BCUT2D eigenvalue weighted by atomic mass is 10.1. The molecule has 1 aromatic carbocycles. The van der Waals surface area contributed by atoms with Crippen molar-refractivity contribution in [1.29, 1.82) is 0 Å². The van der Waals surface area contributed by atoms with Crippen molar-refractivity contribution in [3.05, 3.63) is 23.3 Å². The van der Waals surface area contributed by atoms with E-state index in [1.807, 2.05) is 12.1 Å². The van der Waals surface area contributed by atoms with Gasteiger partial charge in [0.2, 0.25) is 0 Å². The number of hydrogen-bond acceptors (Lipinski definition) is 4. The van der Waals surface area contributed by atoms with Crippen molar-refractivity contribution in [1.82, 2.24) is 0 Å². The minimum absolute atomic E-state index is 0.0426. The largest absolute Gasteiger partial charge is 0.493 e. The third-order valence-electron chi connectivity index (χ3n) is 3.99. The zero-order valence-corrected chi connectivity index (χ0v) is 13.6. The Morgan fingerprint density at radius 2 is 1.90 bits per heavy atom. The van der Waals surface area contributed by atoms with Crippen LogP contribution in [0.15, 0.2) is 12.1 Å². The molecule has 1 saturated carbocycles. The molecule has 116 valence electrons. The normalized spacial score (nSPS) is 15.6. The van der Waals surface area contributed by atoms with Crippen LogP contribution in [0.25, 0.3) is 0 Å². The molecule has 0 aliphatic heterocycles. The van der Waals surface area contributed by atoms with Gasteiger partial charge in [0.05, 0.1) is 20.6 Å². The van der Waals surface area contributed by atoms with Gasteiger partial charge in [-0.25, -0.2) is 0 Å². The van der Waals surface area contributed by atoms with Crippen LogP contribution < -0.4 is 9.47 Å². The summed E-state index contributed by atoms with van der Waals surface area (Å²) in [5, 5.41) is 8.94. The molecule has 1 aliphatic rings. The topological polar surface area (TPSA) is 55.8 Å². The van der Waals surface area contributed by atoms with Crippen LogP contribution in [-0.2, 0) is 10.5 Å². The van der Waals surface area contributed by atoms with E-state index in [1.54, 1.807) is 26.0 Å². The Morgan fingerprint density at radius 1 is 1.29 bits per heavy atom. The van der Waals surface area contributed by atoms with Crippen LogP contribution in [0.3, 0.4) is 0 Å². The first-order valence-electron chi connectivity index (χ1n) is 7.01. The SMILES string of the molecule is COc1cc(C)c(CSCC2(CC(=O)O)CC2)cc1OC. The molecule has 1 aliphatic carbocycles. The van der Waals surface area contributed by atoms with Gasteiger partial charge < -0.3 is 14.6 Å². The highest BCUT2D eigenvalue weighted by atomic mass is 32.2. The fraction of sp³-hybridized carbons (Fsp3) is 0.562. The first-order chi connectivity index (χ1) is 9.99. The molecule has 0 atom stereocenters. The summed E-state index contributed by atoms with van der Waals surface area (Å²) in [6, 6.07) is 4.00. The monoisotopic (exact) mass is 310 g/mol. The van der Waals surface area contributed by atoms with E-state index < -0.39 is 5.97 Å². The Bertz CT molecular complexity index is 523. The second-order valence-electron chi connectivity index (χ2n) is 5.70. The number of carboxylic acids is 1. The van der Waals surface area contributed by atoms with E-state index in [0.29, 0.717) is 6.42 Å². The number of benzene rings is 1. The number of hydrogen-bond donors (Lipinski definition) is 1. The Morgan fingerprint density at radius 3 is 2.43 bits per heavy atom. The minimum Gasteiger partial charge on any atom is -0.493 e. The van der Waals surface area contributed by atoms with Crippen molar-refractivity contribution in [2.75, 3.05) is 20.0 Å². The summed E-state index contributed by atoms with van der Waals surface area (Å²) in [6.45, 7) is 2.06. The molecule has 0 saturated heterocycles. The Kier molecular flexibility index (Phi) is 5.04. The summed E-state index contributed by atoms with van der Waals surface area (Å²) >= 11 is 1.80. The van der Waals surface area contributed by atoms with Crippen LogP contribution in [0.5, 0.6) is 11.5 Å². The molecule has 0 heterocycles. The Balaban J connectivity index is 1.96. The molecule has 1 fully saturated rings. The number of ether oxygens (including phenoxy) is 2. The molecule has 0 aromatic heterocycles. The van der Waals surface area contributed by atoms with E-state index >= 15 is 0 Å². The van der Waals surface area contributed by atoms with E-state index in [1.165, 1.54) is 11.1 Å². The molecule has 0 unspecified atom stereocenters. The van der Waals surface area contributed by atoms with Crippen molar-refractivity contribution < 1.29 is 19.4 Å². The molecule has 0 radical (unpaired) electrons. The molecule has 21 heavy (non-hydrogen) atoms. The van der Waals surface area contributed by atoms with Gasteiger partial charge in [0.25, 0.3) is 0 Å². The standard InChI is InChI=1S/C16H22O4S/c1-11-6-13(19-2)14(20-3)7-12(11)9-21-10-16(4-5-16)8-15(17)18/h6-7H,4-5,8-10H2,1-3H3,(H,17,18). The third kappa shape index (κ3) is 4.06. The van der Waals surface area contributed by atoms with E-state index in [2.05, 4.69) is 6.92 Å². The highest BCUT2D eigenvalue weighted by Gasteiger charge is 2.44. The fourth-order valence-corrected chi connectivity index (χ4v) is 3.88. The van der Waals surface area contributed by atoms with Crippen molar-refractivity contribution >= 4 is 17.7 Å². The number of carbonyl (C=O) groups is 1. The quantitative estimate of drug-likeness (QED) is 0.796. The third-order valence-corrected chi connectivity index (χ3v) is 5.32. The fourth-order valence-electron chi connectivity index (χ4n) is 2.43. The number of aliphatic carboxylic acids is 1. The predicted octanol–water partition coefficient (Wildman–Crippen LogP) is 3.50. The second-order valence-corrected chi connectivity index (χ2v) is 6.68. The smallest absolute Gasteiger partial charge is 0.303 e. The molecule has 0 spiro atoms. The number of methoxy groups -OCH3 is 2. The molecule has 5 heteroatoms. The zero-order chi connectivity index (χ0) is 15.5. The number of thioether (sulfide) groups is 1. The summed E-state index contributed by atoms with van der Waals surface area (Å²) in [7, 11) is 3.27. The van der Waals surface area contributed by atoms with Crippen molar-refractivity contribution in [3.8, 4) is 11.5 Å². The van der Waals surface area contributed by atoms with Crippen LogP contribution >= 0.6 is 11.8 Å². The molecule has 4 nitrogen and oxygen atoms in total. The van der Waals surface area contributed by atoms with Gasteiger partial charge in [0, 0.05) is 5.75 Å². The Labute approximate surface area is 129 Å². The summed E-state index contributed by atoms with van der Waals surface area (Å²) in [5.41, 5.74) is 2.42. The van der Waals surface area contributed by atoms with Crippen LogP contribution in [0, 0.1) is 12.3 Å². The maximum Gasteiger partial charge on any atom is 0.303 e. The Hall–Kier alpha value is -1.36. The molecule has 1 aromatic rings. The first kappa shape index (κ1) is 16.0. The van der Waals surface area contributed by atoms with Gasteiger partial charge >= 0.3 is 5.97 Å². The van der Waals surface area contributed by atoms with Gasteiger partial charge in [-0.15, -0.1) is 0 Å². The summed E-state index contributed by atoms with van der Waals surface area (Å²) in [4.78, 5) is 10.9. The maximum absolute atomic E-state index is 10.9. The predicted molar refractivity (Wildman–Crippen MR) is 84.4 cm³/mol. The van der Waals surface area contributed by atoms with Crippen LogP contribution in [-0.4, -0.2) is 31.0 Å². The van der Waals surface area contributed by atoms with Crippen molar-refractivity contribution in [3.63, 3.8) is 0 Å². The summed E-state index contributed by atoms with van der Waals surface area (Å²) in [6.07, 6.45) is 2.37. The van der Waals surface area contributed by atoms with Crippen LogP contribution in [0.2, 0.25) is 0 Å². The van der Waals surface area contributed by atoms with E-state index in [0.717, 1.165) is 35.8 Å². The lowest BCUT2D eigenvalue weighted by Crippen LogP contribution is -2.11. The molecular formula is C16H22O4S. The number of rotatable bonds is 8. The highest BCUT2D eigenvalue weighted by Crippen LogP contribution is 2.51. The van der Waals surface area contributed by atoms with Gasteiger partial charge in [-0.2, -0.15) is 11.8 Å². The highest BCUT2D eigenvalue weighted by molar-refractivity contribution is 7.98. The first-order valence-corrected chi connectivity index (χ1v) is 8.16. The summed E-state index contributed by atoms with van der Waals surface area (Å²) < 4.78 is 10.6. The zero-order valence-electron chi connectivity index (χ0n) is 12.8. The summed E-state index contributed by atoms with van der Waals surface area (Å²) in [5.74, 6) is 2.58. The van der Waals surface area contributed by atoms with Crippen molar-refractivity contribution in [2.24, 2.45) is 5.41 Å². The average Bonchev–Trinajstić information content (AvgIpc) is 3.19. The van der Waals surface area contributed by atoms with Crippen LogP contribution in [0.4, 0.5) is 0 Å². The van der Waals surface area contributed by atoms with Gasteiger partial charge in [-0.05, 0) is 54.2 Å². The second kappa shape index (κ2) is 6.60. The molecular weight excluding hydrogens is 288 g/mol. The van der Waals surface area contributed by atoms with E-state index in [9.17, 15) is 4.79 Å². The van der Waals surface area contributed by atoms with E-state index in [-0.39, 0.29) is 5.41 Å². The molecule has 0 bridgehead atoms. The van der Waals surface area contributed by atoms with Gasteiger partial charge in [-0.3, -0.25) is 4.79 Å². The number of carboxylic acid groups (broad SMARTS) is 1. The maximum atomic E-state index is 10.9. The average molecular weight is 310 g/mol. The van der Waals surface area contributed by atoms with Gasteiger partial charge in [0.15, 0.2) is 11.5 Å². The lowest BCUT2D eigenvalue weighted by molar-refractivity contribution is -0.138.